The third kappa shape index (κ3) is 4.37. The molecule has 6 heteroatoms. The first-order valence-electron chi connectivity index (χ1n) is 10.9. The van der Waals surface area contributed by atoms with Crippen molar-refractivity contribution in [3.05, 3.63) is 48.5 Å². The number of likely N-dealkylation sites (tertiary alicyclic amines) is 1. The number of aromatic nitrogens is 2. The van der Waals surface area contributed by atoms with Crippen LogP contribution in [0.1, 0.15) is 45.1 Å². The number of rotatable bonds is 6. The highest BCUT2D eigenvalue weighted by atomic mass is 16.2. The summed E-state index contributed by atoms with van der Waals surface area (Å²) in [5, 5.41) is 3.14. The van der Waals surface area contributed by atoms with Gasteiger partial charge < -0.3 is 10.2 Å². The molecule has 1 saturated heterocycles. The lowest BCUT2D eigenvalue weighted by molar-refractivity contribution is -0.142. The van der Waals surface area contributed by atoms with Crippen molar-refractivity contribution in [2.75, 3.05) is 13.1 Å². The Morgan fingerprint density at radius 3 is 2.63 bits per heavy atom. The van der Waals surface area contributed by atoms with Crippen molar-refractivity contribution in [3.63, 3.8) is 0 Å². The van der Waals surface area contributed by atoms with Gasteiger partial charge in [-0.05, 0) is 57.1 Å². The molecule has 4 rings (SSSR count). The van der Waals surface area contributed by atoms with Gasteiger partial charge in [0.05, 0.1) is 5.41 Å². The first-order valence-corrected chi connectivity index (χ1v) is 10.9. The predicted molar refractivity (Wildman–Crippen MR) is 115 cm³/mol. The normalized spacial score (nSPS) is 21.5. The molecule has 1 aliphatic heterocycles. The van der Waals surface area contributed by atoms with Gasteiger partial charge in [-0.3, -0.25) is 9.59 Å². The fourth-order valence-corrected chi connectivity index (χ4v) is 4.49. The van der Waals surface area contributed by atoms with E-state index >= 15 is 0 Å². The van der Waals surface area contributed by atoms with Crippen LogP contribution in [0.15, 0.2) is 43.0 Å². The second-order valence-electron chi connectivity index (χ2n) is 9.01. The van der Waals surface area contributed by atoms with Gasteiger partial charge in [0, 0.05) is 43.0 Å². The lowest BCUT2D eigenvalue weighted by Crippen LogP contribution is -2.55. The zero-order valence-corrected chi connectivity index (χ0v) is 17.8. The first-order chi connectivity index (χ1) is 14.5. The standard InChI is InChI=1S/C24H30N4O2/c1-17(2)27-23(30)24(10-5-11-28(15-24)22(29)18-8-9-18)12-19-6-3-4-7-21(19)20-13-25-16-26-14-20/h3-4,6-7,13-14,16-18H,5,8-12,15H2,1-2H3,(H,27,30)/t24-/m1/s1. The molecule has 0 radical (unpaired) electrons. The second kappa shape index (κ2) is 8.54. The molecular weight excluding hydrogens is 376 g/mol. The summed E-state index contributed by atoms with van der Waals surface area (Å²) in [7, 11) is 0. The van der Waals surface area contributed by atoms with Crippen molar-refractivity contribution in [1.29, 1.82) is 0 Å². The first kappa shape index (κ1) is 20.5. The average molecular weight is 407 g/mol. The van der Waals surface area contributed by atoms with Crippen molar-refractivity contribution in [1.82, 2.24) is 20.2 Å². The molecule has 2 amide bonds. The number of piperidine rings is 1. The highest BCUT2D eigenvalue weighted by Crippen LogP contribution is 2.39. The number of nitrogens with zero attached hydrogens (tertiary/aromatic N) is 3. The molecular formula is C24H30N4O2. The maximum atomic E-state index is 13.5. The molecule has 1 N–H and O–H groups in total. The largest absolute Gasteiger partial charge is 0.353 e. The van der Waals surface area contributed by atoms with Gasteiger partial charge in [-0.2, -0.15) is 0 Å². The van der Waals surface area contributed by atoms with Gasteiger partial charge in [0.25, 0.3) is 0 Å². The van der Waals surface area contributed by atoms with E-state index in [2.05, 4.69) is 27.4 Å². The topological polar surface area (TPSA) is 75.2 Å². The summed E-state index contributed by atoms with van der Waals surface area (Å²) in [6, 6.07) is 8.19. The number of carbonyl (C=O) groups is 2. The smallest absolute Gasteiger partial charge is 0.228 e. The van der Waals surface area contributed by atoms with E-state index in [-0.39, 0.29) is 23.8 Å². The fourth-order valence-electron chi connectivity index (χ4n) is 4.49. The molecule has 1 saturated carbocycles. The van der Waals surface area contributed by atoms with Gasteiger partial charge in [-0.1, -0.05) is 24.3 Å². The molecule has 6 nitrogen and oxygen atoms in total. The highest BCUT2D eigenvalue weighted by Gasteiger charge is 2.46. The monoisotopic (exact) mass is 406 g/mol. The molecule has 0 unspecified atom stereocenters. The number of hydrogen-bond donors (Lipinski definition) is 1. The van der Waals surface area contributed by atoms with Crippen LogP contribution in [0.3, 0.4) is 0 Å². The SMILES string of the molecule is CC(C)NC(=O)[C@@]1(Cc2ccccc2-c2cncnc2)CCCN(C(=O)C2CC2)C1. The van der Waals surface area contributed by atoms with Crippen LogP contribution in [0.4, 0.5) is 0 Å². The maximum absolute atomic E-state index is 13.5. The molecule has 1 atom stereocenters. The van der Waals surface area contributed by atoms with Crippen molar-refractivity contribution in [2.24, 2.45) is 11.3 Å². The van der Waals surface area contributed by atoms with Crippen LogP contribution in [0.5, 0.6) is 0 Å². The van der Waals surface area contributed by atoms with Crippen LogP contribution in [-0.4, -0.2) is 45.8 Å². The van der Waals surface area contributed by atoms with Crippen LogP contribution < -0.4 is 5.32 Å². The van der Waals surface area contributed by atoms with Crippen LogP contribution >= 0.6 is 0 Å². The van der Waals surface area contributed by atoms with Crippen molar-refractivity contribution in [3.8, 4) is 11.1 Å². The second-order valence-corrected chi connectivity index (χ2v) is 9.01. The molecule has 30 heavy (non-hydrogen) atoms. The van der Waals surface area contributed by atoms with E-state index < -0.39 is 5.41 Å². The minimum Gasteiger partial charge on any atom is -0.353 e. The van der Waals surface area contributed by atoms with Gasteiger partial charge in [-0.15, -0.1) is 0 Å². The molecule has 1 aliphatic carbocycles. The Balaban J connectivity index is 1.67. The van der Waals surface area contributed by atoms with Gasteiger partial charge >= 0.3 is 0 Å². The van der Waals surface area contributed by atoms with Crippen LogP contribution in [0.2, 0.25) is 0 Å². The Hall–Kier alpha value is -2.76. The Labute approximate surface area is 178 Å². The summed E-state index contributed by atoms with van der Waals surface area (Å²) in [5.74, 6) is 0.439. The van der Waals surface area contributed by atoms with E-state index in [0.717, 1.165) is 48.9 Å². The van der Waals surface area contributed by atoms with E-state index in [1.807, 2.05) is 30.9 Å². The van der Waals surface area contributed by atoms with Crippen molar-refractivity contribution in [2.45, 2.75) is 52.0 Å². The predicted octanol–water partition coefficient (Wildman–Crippen LogP) is 3.23. The van der Waals surface area contributed by atoms with Crippen molar-refractivity contribution >= 4 is 11.8 Å². The number of benzene rings is 1. The molecule has 0 bridgehead atoms. The molecule has 1 aromatic carbocycles. The molecule has 2 aliphatic rings. The number of nitrogens with one attached hydrogen (secondary N) is 1. The van der Waals surface area contributed by atoms with Crippen LogP contribution in [0, 0.1) is 11.3 Å². The third-order valence-electron chi connectivity index (χ3n) is 6.13. The van der Waals surface area contributed by atoms with Crippen molar-refractivity contribution < 1.29 is 9.59 Å². The summed E-state index contributed by atoms with van der Waals surface area (Å²) in [5.41, 5.74) is 2.44. The Morgan fingerprint density at radius 1 is 1.20 bits per heavy atom. The van der Waals surface area contributed by atoms with E-state index in [9.17, 15) is 9.59 Å². The minimum atomic E-state index is -0.626. The summed E-state index contributed by atoms with van der Waals surface area (Å²) in [6.07, 6.45) is 9.30. The summed E-state index contributed by atoms with van der Waals surface area (Å²) >= 11 is 0. The summed E-state index contributed by atoms with van der Waals surface area (Å²) in [6.45, 7) is 5.20. The zero-order valence-electron chi connectivity index (χ0n) is 17.8. The third-order valence-corrected chi connectivity index (χ3v) is 6.13. The average Bonchev–Trinajstić information content (AvgIpc) is 3.59. The van der Waals surface area contributed by atoms with Gasteiger partial charge in [0.1, 0.15) is 6.33 Å². The number of hydrogen-bond acceptors (Lipinski definition) is 4. The van der Waals surface area contributed by atoms with E-state index in [4.69, 9.17) is 0 Å². The lowest BCUT2D eigenvalue weighted by atomic mass is 9.73. The summed E-state index contributed by atoms with van der Waals surface area (Å²) in [4.78, 5) is 36.5. The van der Waals surface area contributed by atoms with Crippen LogP contribution in [-0.2, 0) is 16.0 Å². The Morgan fingerprint density at radius 2 is 1.93 bits per heavy atom. The minimum absolute atomic E-state index is 0.0462. The Kier molecular flexibility index (Phi) is 5.84. The Bertz CT molecular complexity index is 910. The maximum Gasteiger partial charge on any atom is 0.228 e. The molecule has 1 aromatic heterocycles. The highest BCUT2D eigenvalue weighted by molar-refractivity contribution is 5.86. The van der Waals surface area contributed by atoms with E-state index in [1.165, 1.54) is 6.33 Å². The fraction of sp³-hybridized carbons (Fsp3) is 0.500. The molecule has 2 heterocycles. The van der Waals surface area contributed by atoms with E-state index in [1.54, 1.807) is 12.4 Å². The van der Waals surface area contributed by atoms with Crippen LogP contribution in [0.25, 0.3) is 11.1 Å². The van der Waals surface area contributed by atoms with Gasteiger partial charge in [0.15, 0.2) is 0 Å². The number of carbonyl (C=O) groups excluding carboxylic acids is 2. The van der Waals surface area contributed by atoms with Gasteiger partial charge in [0.2, 0.25) is 11.8 Å². The quantitative estimate of drug-likeness (QED) is 0.799. The zero-order chi connectivity index (χ0) is 21.1. The van der Waals surface area contributed by atoms with E-state index in [0.29, 0.717) is 13.0 Å². The van der Waals surface area contributed by atoms with Gasteiger partial charge in [-0.25, -0.2) is 9.97 Å². The molecule has 158 valence electrons. The molecule has 2 fully saturated rings. The molecule has 2 aromatic rings. The summed E-state index contributed by atoms with van der Waals surface area (Å²) < 4.78 is 0. The molecule has 0 spiro atoms. The number of amides is 2. The lowest BCUT2D eigenvalue weighted by Gasteiger charge is -2.42.